The fraction of sp³-hybridized carbons (Fsp3) is 0.250. The Morgan fingerprint density at radius 1 is 1.04 bits per heavy atom. The van der Waals surface area contributed by atoms with Crippen molar-refractivity contribution >= 4 is 58.0 Å². The van der Waals surface area contributed by atoms with Crippen molar-refractivity contribution in [3.63, 3.8) is 0 Å². The molecule has 2 aromatic rings. The van der Waals surface area contributed by atoms with Crippen LogP contribution in [0, 0.1) is 0 Å². The van der Waals surface area contributed by atoms with E-state index in [1.54, 1.807) is 24.4 Å². The van der Waals surface area contributed by atoms with E-state index in [1.165, 1.54) is 5.57 Å². The van der Waals surface area contributed by atoms with Crippen LogP contribution in [0.2, 0.25) is 15.1 Å². The fourth-order valence-corrected chi connectivity index (χ4v) is 3.68. The van der Waals surface area contributed by atoms with E-state index in [0.717, 1.165) is 16.8 Å². The molecule has 0 N–H and O–H groups in total. The van der Waals surface area contributed by atoms with E-state index in [4.69, 9.17) is 34.8 Å². The maximum Gasteiger partial charge on any atom is 0.0817 e. The van der Waals surface area contributed by atoms with E-state index in [-0.39, 0.29) is 5.54 Å². The SMILES string of the molecule is CC1=CC(C)(C)N(C)c2cc(Cl)c(C=Nc3ccc(Cl)cc3Cl)cc21. The van der Waals surface area contributed by atoms with Gasteiger partial charge in [0, 0.05) is 35.1 Å². The predicted molar refractivity (Wildman–Crippen MR) is 111 cm³/mol. The van der Waals surface area contributed by atoms with E-state index in [2.05, 4.69) is 49.9 Å². The first kappa shape index (κ1) is 18.3. The summed E-state index contributed by atoms with van der Waals surface area (Å²) < 4.78 is 0. The summed E-state index contributed by atoms with van der Waals surface area (Å²) in [6, 6.07) is 9.30. The van der Waals surface area contributed by atoms with Gasteiger partial charge in [-0.15, -0.1) is 0 Å². The summed E-state index contributed by atoms with van der Waals surface area (Å²) >= 11 is 18.6. The van der Waals surface area contributed by atoms with Crippen molar-refractivity contribution in [3.8, 4) is 0 Å². The van der Waals surface area contributed by atoms with E-state index < -0.39 is 0 Å². The molecule has 0 saturated carbocycles. The molecule has 0 unspecified atom stereocenters. The van der Waals surface area contributed by atoms with Gasteiger partial charge in [-0.05, 0) is 56.7 Å². The maximum absolute atomic E-state index is 6.51. The molecular formula is C20H19Cl3N2. The van der Waals surface area contributed by atoms with Gasteiger partial charge in [-0.1, -0.05) is 40.9 Å². The summed E-state index contributed by atoms with van der Waals surface area (Å²) in [6.45, 7) is 6.50. The average molecular weight is 394 g/mol. The molecule has 2 nitrogen and oxygen atoms in total. The van der Waals surface area contributed by atoms with Crippen LogP contribution < -0.4 is 4.90 Å². The molecule has 3 rings (SSSR count). The van der Waals surface area contributed by atoms with Gasteiger partial charge in [0.1, 0.15) is 0 Å². The first-order chi connectivity index (χ1) is 11.7. The van der Waals surface area contributed by atoms with Gasteiger partial charge in [0.15, 0.2) is 0 Å². The number of halogens is 3. The lowest BCUT2D eigenvalue weighted by molar-refractivity contribution is 0.598. The molecular weight excluding hydrogens is 375 g/mol. The van der Waals surface area contributed by atoms with Crippen LogP contribution in [0.1, 0.15) is 31.9 Å². The third kappa shape index (κ3) is 3.57. The van der Waals surface area contributed by atoms with Crippen molar-refractivity contribution in [1.29, 1.82) is 0 Å². The molecule has 25 heavy (non-hydrogen) atoms. The first-order valence-corrected chi connectivity index (χ1v) is 9.09. The number of hydrogen-bond donors (Lipinski definition) is 0. The molecule has 0 amide bonds. The van der Waals surface area contributed by atoms with Gasteiger partial charge in [0.05, 0.1) is 21.3 Å². The van der Waals surface area contributed by atoms with Crippen molar-refractivity contribution in [2.75, 3.05) is 11.9 Å². The molecule has 0 saturated heterocycles. The van der Waals surface area contributed by atoms with Gasteiger partial charge in [0.25, 0.3) is 0 Å². The molecule has 0 aromatic heterocycles. The minimum atomic E-state index is -0.0488. The summed E-state index contributed by atoms with van der Waals surface area (Å²) in [5.74, 6) is 0. The summed E-state index contributed by atoms with van der Waals surface area (Å²) in [5.41, 5.74) is 4.98. The van der Waals surface area contributed by atoms with Crippen molar-refractivity contribution < 1.29 is 0 Å². The predicted octanol–water partition coefficient (Wildman–Crippen LogP) is 7.03. The Labute approximate surface area is 163 Å². The number of anilines is 1. The average Bonchev–Trinajstić information content (AvgIpc) is 2.52. The molecule has 0 radical (unpaired) electrons. The molecule has 0 fully saturated rings. The van der Waals surface area contributed by atoms with Crippen LogP contribution in [0.15, 0.2) is 41.4 Å². The fourth-order valence-electron chi connectivity index (χ4n) is 3.01. The Morgan fingerprint density at radius 2 is 1.76 bits per heavy atom. The van der Waals surface area contributed by atoms with Crippen LogP contribution >= 0.6 is 34.8 Å². The molecule has 1 heterocycles. The van der Waals surface area contributed by atoms with E-state index in [9.17, 15) is 0 Å². The lowest BCUT2D eigenvalue weighted by Crippen LogP contribution is -2.42. The lowest BCUT2D eigenvalue weighted by atomic mass is 9.88. The highest BCUT2D eigenvalue weighted by Gasteiger charge is 2.29. The van der Waals surface area contributed by atoms with E-state index in [0.29, 0.717) is 20.8 Å². The molecule has 0 aliphatic carbocycles. The van der Waals surface area contributed by atoms with Gasteiger partial charge in [-0.2, -0.15) is 0 Å². The third-order valence-electron chi connectivity index (χ3n) is 4.59. The van der Waals surface area contributed by atoms with Crippen molar-refractivity contribution in [1.82, 2.24) is 0 Å². The number of rotatable bonds is 2. The van der Waals surface area contributed by atoms with Crippen LogP contribution in [-0.4, -0.2) is 18.8 Å². The van der Waals surface area contributed by atoms with E-state index >= 15 is 0 Å². The zero-order valence-corrected chi connectivity index (χ0v) is 16.8. The summed E-state index contributed by atoms with van der Waals surface area (Å²) in [4.78, 5) is 6.70. The van der Waals surface area contributed by atoms with Crippen LogP contribution in [0.4, 0.5) is 11.4 Å². The number of allylic oxidation sites excluding steroid dienone is 1. The largest absolute Gasteiger partial charge is 0.365 e. The van der Waals surface area contributed by atoms with Gasteiger partial charge in [-0.25, -0.2) is 0 Å². The summed E-state index contributed by atoms with van der Waals surface area (Å²) in [5, 5.41) is 1.75. The van der Waals surface area contributed by atoms with Gasteiger partial charge in [-0.3, -0.25) is 4.99 Å². The number of likely N-dealkylation sites (N-methyl/N-ethyl adjacent to an activating group) is 1. The Balaban J connectivity index is 2.02. The van der Waals surface area contributed by atoms with Crippen LogP contribution in [0.25, 0.3) is 5.57 Å². The zero-order valence-electron chi connectivity index (χ0n) is 14.6. The zero-order chi connectivity index (χ0) is 18.4. The number of benzene rings is 2. The molecule has 1 aliphatic heterocycles. The third-order valence-corrected chi connectivity index (χ3v) is 5.45. The summed E-state index contributed by atoms with van der Waals surface area (Å²) in [6.07, 6.45) is 4.00. The summed E-state index contributed by atoms with van der Waals surface area (Å²) in [7, 11) is 2.08. The van der Waals surface area contributed by atoms with Crippen molar-refractivity contribution in [3.05, 3.63) is 62.6 Å². The molecule has 5 heteroatoms. The molecule has 1 aliphatic rings. The Kier molecular flexibility index (Phi) is 4.89. The number of fused-ring (bicyclic) bond motifs is 1. The van der Waals surface area contributed by atoms with Crippen molar-refractivity contribution in [2.45, 2.75) is 26.3 Å². The molecule has 0 spiro atoms. The lowest BCUT2D eigenvalue weighted by Gasteiger charge is -2.40. The minimum absolute atomic E-state index is 0.0488. The second kappa shape index (κ2) is 6.68. The van der Waals surface area contributed by atoms with Crippen LogP contribution in [0.5, 0.6) is 0 Å². The highest BCUT2D eigenvalue weighted by atomic mass is 35.5. The smallest absolute Gasteiger partial charge is 0.0817 e. The highest BCUT2D eigenvalue weighted by Crippen LogP contribution is 2.40. The molecule has 130 valence electrons. The normalized spacial score (nSPS) is 16.1. The Morgan fingerprint density at radius 3 is 2.44 bits per heavy atom. The Bertz CT molecular complexity index is 898. The van der Waals surface area contributed by atoms with Gasteiger partial charge >= 0.3 is 0 Å². The second-order valence-corrected chi connectivity index (χ2v) is 8.04. The quantitative estimate of drug-likeness (QED) is 0.500. The minimum Gasteiger partial charge on any atom is -0.365 e. The standard InChI is InChI=1S/C20H19Cl3N2/c1-12-10-20(2,3)25(4)19-9-16(22)13(7-15(12)19)11-24-18-6-5-14(21)8-17(18)23/h5-11H,1-4H3. The monoisotopic (exact) mass is 392 g/mol. The van der Waals surface area contributed by atoms with E-state index in [1.807, 2.05) is 6.07 Å². The van der Waals surface area contributed by atoms with Crippen LogP contribution in [-0.2, 0) is 0 Å². The highest BCUT2D eigenvalue weighted by molar-refractivity contribution is 6.36. The molecule has 0 atom stereocenters. The number of hydrogen-bond acceptors (Lipinski definition) is 2. The topological polar surface area (TPSA) is 15.6 Å². The van der Waals surface area contributed by atoms with Gasteiger partial charge < -0.3 is 4.90 Å². The van der Waals surface area contributed by atoms with Crippen molar-refractivity contribution in [2.24, 2.45) is 4.99 Å². The van der Waals surface area contributed by atoms with Crippen LogP contribution in [0.3, 0.4) is 0 Å². The number of nitrogens with zero attached hydrogens (tertiary/aromatic N) is 2. The first-order valence-electron chi connectivity index (χ1n) is 7.95. The Hall–Kier alpha value is -1.48. The molecule has 0 bridgehead atoms. The number of aliphatic imine (C=N–C) groups is 1. The van der Waals surface area contributed by atoms with Gasteiger partial charge in [0.2, 0.25) is 0 Å². The maximum atomic E-state index is 6.51. The molecule has 2 aromatic carbocycles. The second-order valence-electron chi connectivity index (χ2n) is 6.78.